The third-order valence-corrected chi connectivity index (χ3v) is 7.06. The fraction of sp³-hybridized carbons (Fsp3) is 0.167. The highest BCUT2D eigenvalue weighted by atomic mass is 32.2. The predicted octanol–water partition coefficient (Wildman–Crippen LogP) is 5.12. The summed E-state index contributed by atoms with van der Waals surface area (Å²) >= 11 is 2.77. The van der Waals surface area contributed by atoms with Gasteiger partial charge in [0.1, 0.15) is 22.0 Å². The van der Waals surface area contributed by atoms with E-state index in [9.17, 15) is 14.0 Å². The van der Waals surface area contributed by atoms with E-state index in [0.717, 1.165) is 34.2 Å². The second-order valence-electron chi connectivity index (χ2n) is 7.65. The number of fused-ring (bicyclic) bond motifs is 1. The summed E-state index contributed by atoms with van der Waals surface area (Å²) in [5.41, 5.74) is 2.69. The van der Waals surface area contributed by atoms with Crippen molar-refractivity contribution in [3.8, 4) is 11.1 Å². The van der Waals surface area contributed by atoms with Crippen molar-refractivity contribution in [3.63, 3.8) is 0 Å². The average molecular weight is 479 g/mol. The van der Waals surface area contributed by atoms with Crippen molar-refractivity contribution >= 4 is 50.8 Å². The van der Waals surface area contributed by atoms with Gasteiger partial charge in [-0.15, -0.1) is 11.3 Å². The number of hydrogen-bond acceptors (Lipinski definition) is 6. The van der Waals surface area contributed by atoms with Crippen LogP contribution in [0.4, 0.5) is 10.1 Å². The van der Waals surface area contributed by atoms with Crippen LogP contribution in [0.25, 0.3) is 21.3 Å². The summed E-state index contributed by atoms with van der Waals surface area (Å²) in [6, 6.07) is 13.5. The molecular weight excluding hydrogens is 459 g/mol. The first-order valence-electron chi connectivity index (χ1n) is 10.4. The van der Waals surface area contributed by atoms with Gasteiger partial charge in [0.2, 0.25) is 5.91 Å². The third-order valence-electron chi connectivity index (χ3n) is 5.19. The van der Waals surface area contributed by atoms with Crippen molar-refractivity contribution in [3.05, 3.63) is 71.6 Å². The Labute approximate surface area is 197 Å². The summed E-state index contributed by atoms with van der Waals surface area (Å²) in [7, 11) is 0. The Morgan fingerprint density at radius 2 is 1.88 bits per heavy atom. The van der Waals surface area contributed by atoms with Gasteiger partial charge in [-0.25, -0.2) is 14.4 Å². The van der Waals surface area contributed by atoms with Gasteiger partial charge in [0.05, 0.1) is 22.4 Å². The number of anilines is 1. The Morgan fingerprint density at radius 3 is 2.67 bits per heavy atom. The topological polar surface area (TPSA) is 84.0 Å². The van der Waals surface area contributed by atoms with E-state index in [2.05, 4.69) is 20.6 Å². The minimum absolute atomic E-state index is 0.114. The number of aromatic nitrogens is 2. The fourth-order valence-electron chi connectivity index (χ4n) is 3.40. The zero-order valence-electron chi connectivity index (χ0n) is 17.4. The van der Waals surface area contributed by atoms with Gasteiger partial charge >= 0.3 is 0 Å². The zero-order valence-corrected chi connectivity index (χ0v) is 19.0. The molecule has 2 heterocycles. The number of rotatable bonds is 7. The highest BCUT2D eigenvalue weighted by molar-refractivity contribution is 8.00. The number of para-hydroxylation sites is 1. The Morgan fingerprint density at radius 1 is 1.09 bits per heavy atom. The maximum atomic E-state index is 13.4. The van der Waals surface area contributed by atoms with Gasteiger partial charge in [0.25, 0.3) is 5.91 Å². The number of thiophene rings is 1. The third kappa shape index (κ3) is 4.89. The van der Waals surface area contributed by atoms with Crippen LogP contribution >= 0.6 is 23.1 Å². The Balaban J connectivity index is 1.32. The highest BCUT2D eigenvalue weighted by Gasteiger charge is 2.25. The molecule has 4 aromatic rings. The standard InChI is InChI=1S/C24H19FN4O2S2/c25-15-7-5-14(6-8-15)18-11-32-23-21(18)24(27-13-26-23)33-12-20(30)29-19-4-2-1-3-17(19)22(31)28-16-9-10-16/h1-8,11,13,16H,9-10,12H2,(H,28,31)(H,29,30). The SMILES string of the molecule is O=C(CSc1ncnc2scc(-c3ccc(F)cc3)c12)Nc1ccccc1C(=O)NC1CC1. The van der Waals surface area contributed by atoms with Gasteiger partial charge in [-0.2, -0.15) is 0 Å². The van der Waals surface area contributed by atoms with Crippen LogP contribution in [0.1, 0.15) is 23.2 Å². The highest BCUT2D eigenvalue weighted by Crippen LogP contribution is 2.37. The maximum absolute atomic E-state index is 13.4. The molecule has 1 saturated carbocycles. The summed E-state index contributed by atoms with van der Waals surface area (Å²) in [6.45, 7) is 0. The normalized spacial score (nSPS) is 13.1. The summed E-state index contributed by atoms with van der Waals surface area (Å²) in [5.74, 6) is -0.603. The van der Waals surface area contributed by atoms with Gasteiger partial charge in [0.15, 0.2) is 0 Å². The van der Waals surface area contributed by atoms with Gasteiger partial charge < -0.3 is 10.6 Å². The van der Waals surface area contributed by atoms with E-state index in [1.807, 2.05) is 5.38 Å². The summed E-state index contributed by atoms with van der Waals surface area (Å²) < 4.78 is 13.4. The lowest BCUT2D eigenvalue weighted by Gasteiger charge is -2.11. The predicted molar refractivity (Wildman–Crippen MR) is 129 cm³/mol. The van der Waals surface area contributed by atoms with Crippen molar-refractivity contribution in [2.75, 3.05) is 11.1 Å². The van der Waals surface area contributed by atoms with E-state index in [1.165, 1.54) is 41.6 Å². The second-order valence-corrected chi connectivity index (χ2v) is 9.47. The number of carbonyl (C=O) groups is 2. The lowest BCUT2D eigenvalue weighted by atomic mass is 10.1. The molecule has 2 aromatic heterocycles. The summed E-state index contributed by atoms with van der Waals surface area (Å²) in [6.07, 6.45) is 3.46. The van der Waals surface area contributed by atoms with Gasteiger partial charge in [-0.05, 0) is 42.7 Å². The van der Waals surface area contributed by atoms with Crippen molar-refractivity contribution in [1.82, 2.24) is 15.3 Å². The van der Waals surface area contributed by atoms with Crippen LogP contribution in [-0.4, -0.2) is 33.6 Å². The molecule has 166 valence electrons. The molecule has 1 fully saturated rings. The quantitative estimate of drug-likeness (QED) is 0.285. The van der Waals surface area contributed by atoms with E-state index in [-0.39, 0.29) is 29.4 Å². The van der Waals surface area contributed by atoms with Crippen LogP contribution in [0, 0.1) is 5.82 Å². The van der Waals surface area contributed by atoms with E-state index >= 15 is 0 Å². The van der Waals surface area contributed by atoms with Crippen LogP contribution in [-0.2, 0) is 4.79 Å². The first-order chi connectivity index (χ1) is 16.1. The Hall–Kier alpha value is -3.30. The zero-order chi connectivity index (χ0) is 22.8. The second kappa shape index (κ2) is 9.29. The molecule has 0 aliphatic heterocycles. The molecule has 0 radical (unpaired) electrons. The van der Waals surface area contributed by atoms with Gasteiger partial charge in [-0.3, -0.25) is 9.59 Å². The number of nitrogens with zero attached hydrogens (tertiary/aromatic N) is 2. The molecule has 6 nitrogen and oxygen atoms in total. The number of benzene rings is 2. The van der Waals surface area contributed by atoms with E-state index < -0.39 is 0 Å². The van der Waals surface area contributed by atoms with Crippen molar-refractivity contribution in [2.24, 2.45) is 0 Å². The average Bonchev–Trinajstić information content (AvgIpc) is 3.53. The molecule has 2 aromatic carbocycles. The first kappa shape index (κ1) is 21.5. The molecule has 1 aliphatic carbocycles. The van der Waals surface area contributed by atoms with Crippen LogP contribution in [0.5, 0.6) is 0 Å². The van der Waals surface area contributed by atoms with E-state index in [1.54, 1.807) is 36.4 Å². The molecular formula is C24H19FN4O2S2. The van der Waals surface area contributed by atoms with Crippen LogP contribution in [0.15, 0.2) is 65.3 Å². The smallest absolute Gasteiger partial charge is 0.253 e. The van der Waals surface area contributed by atoms with Crippen LogP contribution < -0.4 is 10.6 Å². The van der Waals surface area contributed by atoms with Crippen molar-refractivity contribution < 1.29 is 14.0 Å². The number of halogens is 1. The number of carbonyl (C=O) groups excluding carboxylic acids is 2. The van der Waals surface area contributed by atoms with Crippen molar-refractivity contribution in [2.45, 2.75) is 23.9 Å². The number of nitrogens with one attached hydrogen (secondary N) is 2. The number of amides is 2. The molecule has 33 heavy (non-hydrogen) atoms. The molecule has 0 spiro atoms. The minimum Gasteiger partial charge on any atom is -0.349 e. The van der Waals surface area contributed by atoms with Gasteiger partial charge in [-0.1, -0.05) is 36.0 Å². The van der Waals surface area contributed by atoms with E-state index in [0.29, 0.717) is 16.3 Å². The Bertz CT molecular complexity index is 1340. The van der Waals surface area contributed by atoms with Crippen LogP contribution in [0.3, 0.4) is 0 Å². The van der Waals surface area contributed by atoms with Gasteiger partial charge in [0, 0.05) is 17.0 Å². The maximum Gasteiger partial charge on any atom is 0.253 e. The molecule has 0 unspecified atom stereocenters. The van der Waals surface area contributed by atoms with Crippen molar-refractivity contribution in [1.29, 1.82) is 0 Å². The molecule has 5 rings (SSSR count). The molecule has 2 N–H and O–H groups in total. The molecule has 0 saturated heterocycles. The minimum atomic E-state index is -0.299. The number of hydrogen-bond donors (Lipinski definition) is 2. The monoisotopic (exact) mass is 478 g/mol. The first-order valence-corrected chi connectivity index (χ1v) is 12.3. The summed E-state index contributed by atoms with van der Waals surface area (Å²) in [4.78, 5) is 34.7. The largest absolute Gasteiger partial charge is 0.349 e. The lowest BCUT2D eigenvalue weighted by Crippen LogP contribution is -2.27. The molecule has 1 aliphatic rings. The number of thioether (sulfide) groups is 1. The summed E-state index contributed by atoms with van der Waals surface area (Å²) in [5, 5.41) is 9.28. The molecule has 0 bridgehead atoms. The lowest BCUT2D eigenvalue weighted by molar-refractivity contribution is -0.113. The van der Waals surface area contributed by atoms with E-state index in [4.69, 9.17) is 0 Å². The molecule has 9 heteroatoms. The van der Waals surface area contributed by atoms with Crippen LogP contribution in [0.2, 0.25) is 0 Å². The molecule has 2 amide bonds. The molecule has 0 atom stereocenters. The fourth-order valence-corrected chi connectivity index (χ4v) is 5.19. The Kier molecular flexibility index (Phi) is 6.06.